The maximum Gasteiger partial charge on any atom is 0.253 e. The Kier molecular flexibility index (Phi) is 4.92. The molecule has 1 unspecified atom stereocenters. The van der Waals surface area contributed by atoms with E-state index in [9.17, 15) is 9.18 Å². The zero-order chi connectivity index (χ0) is 18.6. The van der Waals surface area contributed by atoms with Crippen molar-refractivity contribution in [2.45, 2.75) is 18.8 Å². The molecule has 1 saturated heterocycles. The first-order valence-electron chi connectivity index (χ1n) is 9.13. The number of benzene rings is 1. The van der Waals surface area contributed by atoms with Crippen LogP contribution in [0.15, 0.2) is 67.0 Å². The number of hydrogen-bond donors (Lipinski definition) is 0. The monoisotopic (exact) mass is 361 g/mol. The van der Waals surface area contributed by atoms with Crippen LogP contribution in [0.25, 0.3) is 11.3 Å². The molecule has 0 N–H and O–H groups in total. The van der Waals surface area contributed by atoms with Gasteiger partial charge in [-0.1, -0.05) is 18.2 Å². The van der Waals surface area contributed by atoms with Crippen molar-refractivity contribution in [2.24, 2.45) is 0 Å². The number of rotatable bonds is 3. The molecule has 1 atom stereocenters. The van der Waals surface area contributed by atoms with E-state index in [0.717, 1.165) is 36.3 Å². The van der Waals surface area contributed by atoms with Gasteiger partial charge < -0.3 is 4.90 Å². The normalized spacial score (nSPS) is 16.9. The molecule has 0 aliphatic carbocycles. The number of aromatic nitrogens is 2. The first-order valence-corrected chi connectivity index (χ1v) is 9.13. The molecule has 136 valence electrons. The molecule has 1 amide bonds. The predicted molar refractivity (Wildman–Crippen MR) is 102 cm³/mol. The van der Waals surface area contributed by atoms with Gasteiger partial charge in [-0.3, -0.25) is 14.8 Å². The zero-order valence-electron chi connectivity index (χ0n) is 14.9. The first-order chi connectivity index (χ1) is 13.2. The van der Waals surface area contributed by atoms with E-state index >= 15 is 0 Å². The van der Waals surface area contributed by atoms with E-state index in [2.05, 4.69) is 4.98 Å². The van der Waals surface area contributed by atoms with Gasteiger partial charge in [0.15, 0.2) is 0 Å². The van der Waals surface area contributed by atoms with Crippen LogP contribution in [0.1, 0.15) is 34.8 Å². The Bertz CT molecular complexity index is 945. The second-order valence-electron chi connectivity index (χ2n) is 6.78. The molecule has 2 aromatic heterocycles. The van der Waals surface area contributed by atoms with Crippen molar-refractivity contribution in [3.05, 3.63) is 84.1 Å². The smallest absolute Gasteiger partial charge is 0.253 e. The van der Waals surface area contributed by atoms with Crippen LogP contribution in [0.3, 0.4) is 0 Å². The average Bonchev–Trinajstić information content (AvgIpc) is 2.74. The highest BCUT2D eigenvalue weighted by molar-refractivity contribution is 5.94. The third-order valence-corrected chi connectivity index (χ3v) is 4.95. The standard InChI is InChI=1S/C22H20FN3O/c23-19-6-1-4-17(14-19)20-7-2-8-21(25-20)18-5-3-13-26(15-18)22(27)16-9-11-24-12-10-16/h1-2,4,6-12,14,18H,3,5,13,15H2. The van der Waals surface area contributed by atoms with Gasteiger partial charge in [0, 0.05) is 48.2 Å². The highest BCUT2D eigenvalue weighted by Crippen LogP contribution is 2.28. The molecule has 1 aliphatic heterocycles. The minimum absolute atomic E-state index is 0.0309. The number of halogens is 1. The summed E-state index contributed by atoms with van der Waals surface area (Å²) in [5.74, 6) is -0.0621. The Morgan fingerprint density at radius 2 is 1.89 bits per heavy atom. The van der Waals surface area contributed by atoms with Gasteiger partial charge in [0.05, 0.1) is 5.69 Å². The van der Waals surface area contributed by atoms with E-state index in [1.807, 2.05) is 29.2 Å². The number of amides is 1. The Labute approximate surface area is 157 Å². The van der Waals surface area contributed by atoms with Crippen LogP contribution in [0, 0.1) is 5.82 Å². The van der Waals surface area contributed by atoms with Crippen molar-refractivity contribution in [1.29, 1.82) is 0 Å². The minimum atomic E-state index is -0.272. The second-order valence-corrected chi connectivity index (χ2v) is 6.78. The van der Waals surface area contributed by atoms with Crippen LogP contribution in [0.5, 0.6) is 0 Å². The zero-order valence-corrected chi connectivity index (χ0v) is 14.9. The van der Waals surface area contributed by atoms with Crippen molar-refractivity contribution >= 4 is 5.91 Å². The Hall–Kier alpha value is -3.08. The summed E-state index contributed by atoms with van der Waals surface area (Å²) in [5.41, 5.74) is 3.12. The summed E-state index contributed by atoms with van der Waals surface area (Å²) in [5, 5.41) is 0. The van der Waals surface area contributed by atoms with E-state index in [0.29, 0.717) is 12.1 Å². The van der Waals surface area contributed by atoms with E-state index in [4.69, 9.17) is 4.98 Å². The van der Waals surface area contributed by atoms with Crippen LogP contribution < -0.4 is 0 Å². The molecule has 0 bridgehead atoms. The summed E-state index contributed by atoms with van der Waals surface area (Å²) in [6.07, 6.45) is 5.20. The molecule has 0 saturated carbocycles. The molecule has 27 heavy (non-hydrogen) atoms. The van der Waals surface area contributed by atoms with Gasteiger partial charge in [0.1, 0.15) is 5.82 Å². The molecule has 3 aromatic rings. The van der Waals surface area contributed by atoms with Crippen LogP contribution in [0.2, 0.25) is 0 Å². The van der Waals surface area contributed by atoms with E-state index in [1.54, 1.807) is 30.6 Å². The van der Waals surface area contributed by atoms with Crippen molar-refractivity contribution in [1.82, 2.24) is 14.9 Å². The molecule has 0 spiro atoms. The molecule has 4 nitrogen and oxygen atoms in total. The van der Waals surface area contributed by atoms with Crippen LogP contribution in [-0.4, -0.2) is 33.9 Å². The van der Waals surface area contributed by atoms with Gasteiger partial charge >= 0.3 is 0 Å². The number of carbonyl (C=O) groups excluding carboxylic acids is 1. The molecular weight excluding hydrogens is 341 g/mol. The molecule has 4 rings (SSSR count). The highest BCUT2D eigenvalue weighted by Gasteiger charge is 2.26. The molecule has 1 aliphatic rings. The summed E-state index contributed by atoms with van der Waals surface area (Å²) >= 11 is 0. The summed E-state index contributed by atoms with van der Waals surface area (Å²) in [4.78, 5) is 23.4. The number of carbonyl (C=O) groups is 1. The van der Waals surface area contributed by atoms with Gasteiger partial charge in [-0.15, -0.1) is 0 Å². The van der Waals surface area contributed by atoms with Gasteiger partial charge in [-0.2, -0.15) is 0 Å². The Morgan fingerprint density at radius 1 is 1.07 bits per heavy atom. The lowest BCUT2D eigenvalue weighted by atomic mass is 9.93. The lowest BCUT2D eigenvalue weighted by molar-refractivity contribution is 0.0706. The number of nitrogens with zero attached hydrogens (tertiary/aromatic N) is 3. The van der Waals surface area contributed by atoms with E-state index in [-0.39, 0.29) is 17.6 Å². The van der Waals surface area contributed by atoms with Crippen molar-refractivity contribution in [3.63, 3.8) is 0 Å². The molecule has 1 aromatic carbocycles. The average molecular weight is 361 g/mol. The fourth-order valence-corrected chi connectivity index (χ4v) is 3.57. The Balaban J connectivity index is 1.55. The minimum Gasteiger partial charge on any atom is -0.338 e. The fraction of sp³-hybridized carbons (Fsp3) is 0.227. The number of likely N-dealkylation sites (tertiary alicyclic amines) is 1. The predicted octanol–water partition coefficient (Wildman–Crippen LogP) is 4.30. The summed E-state index contributed by atoms with van der Waals surface area (Å²) in [6, 6.07) is 15.8. The number of hydrogen-bond acceptors (Lipinski definition) is 3. The van der Waals surface area contributed by atoms with E-state index < -0.39 is 0 Å². The van der Waals surface area contributed by atoms with E-state index in [1.165, 1.54) is 12.1 Å². The quantitative estimate of drug-likeness (QED) is 0.699. The number of pyridine rings is 2. The van der Waals surface area contributed by atoms with Gasteiger partial charge in [0.25, 0.3) is 5.91 Å². The van der Waals surface area contributed by atoms with Crippen molar-refractivity contribution in [2.75, 3.05) is 13.1 Å². The van der Waals surface area contributed by atoms with Gasteiger partial charge in [-0.05, 0) is 49.2 Å². The summed E-state index contributed by atoms with van der Waals surface area (Å²) in [6.45, 7) is 1.39. The Morgan fingerprint density at radius 3 is 2.70 bits per heavy atom. The third-order valence-electron chi connectivity index (χ3n) is 4.95. The maximum atomic E-state index is 13.5. The molecule has 3 heterocycles. The van der Waals surface area contributed by atoms with Crippen LogP contribution in [0.4, 0.5) is 4.39 Å². The lowest BCUT2D eigenvalue weighted by Crippen LogP contribution is -2.39. The SMILES string of the molecule is O=C(c1ccncc1)N1CCCC(c2cccc(-c3cccc(F)c3)n2)C1. The summed E-state index contributed by atoms with van der Waals surface area (Å²) in [7, 11) is 0. The molecule has 0 radical (unpaired) electrons. The maximum absolute atomic E-state index is 13.5. The second kappa shape index (κ2) is 7.66. The summed E-state index contributed by atoms with van der Waals surface area (Å²) < 4.78 is 13.5. The van der Waals surface area contributed by atoms with Crippen LogP contribution in [-0.2, 0) is 0 Å². The molecule has 5 heteroatoms. The van der Waals surface area contributed by atoms with Crippen molar-refractivity contribution < 1.29 is 9.18 Å². The first kappa shape index (κ1) is 17.3. The molecular formula is C22H20FN3O. The highest BCUT2D eigenvalue weighted by atomic mass is 19.1. The third kappa shape index (κ3) is 3.87. The lowest BCUT2D eigenvalue weighted by Gasteiger charge is -2.32. The topological polar surface area (TPSA) is 46.1 Å². The number of piperidine rings is 1. The van der Waals surface area contributed by atoms with Crippen molar-refractivity contribution in [3.8, 4) is 11.3 Å². The van der Waals surface area contributed by atoms with Gasteiger partial charge in [0.2, 0.25) is 0 Å². The van der Waals surface area contributed by atoms with Crippen LogP contribution >= 0.6 is 0 Å². The largest absolute Gasteiger partial charge is 0.338 e. The fourth-order valence-electron chi connectivity index (χ4n) is 3.57. The molecule has 1 fully saturated rings. The van der Waals surface area contributed by atoms with Gasteiger partial charge in [-0.25, -0.2) is 4.39 Å².